The minimum absolute atomic E-state index is 0.00581. The zero-order valence-electron chi connectivity index (χ0n) is 59.7. The number of nitrogens with zero attached hydrogens (tertiary/aromatic N) is 3. The van der Waals surface area contributed by atoms with E-state index in [2.05, 4.69) is 31.8 Å². The summed E-state index contributed by atoms with van der Waals surface area (Å²) in [5.74, 6) is -12.4. The van der Waals surface area contributed by atoms with Gasteiger partial charge < -0.3 is 75.9 Å². The van der Waals surface area contributed by atoms with Crippen molar-refractivity contribution in [1.82, 2.24) is 41.6 Å². The number of aliphatic carboxylic acids is 2. The summed E-state index contributed by atoms with van der Waals surface area (Å²) >= 11 is 1.03. The number of ketones is 2. The summed E-state index contributed by atoms with van der Waals surface area (Å²) in [5.41, 5.74) is 5.06. The van der Waals surface area contributed by atoms with Crippen LogP contribution in [0, 0.1) is 41.4 Å². The first-order valence-electron chi connectivity index (χ1n) is 34.3. The van der Waals surface area contributed by atoms with Crippen molar-refractivity contribution in [2.24, 2.45) is 41.4 Å². The van der Waals surface area contributed by atoms with Crippen LogP contribution in [0.1, 0.15) is 173 Å². The number of carboxylic acid groups (broad SMARTS) is 2. The number of aromatic hydroxyl groups is 1. The lowest BCUT2D eigenvalue weighted by atomic mass is 9.82. The number of phenols is 1. The van der Waals surface area contributed by atoms with Crippen molar-refractivity contribution in [2.45, 2.75) is 207 Å². The molecular formula is C68H106N8O23S3. The number of benzene rings is 1. The van der Waals surface area contributed by atoms with Crippen molar-refractivity contribution >= 4 is 104 Å². The predicted molar refractivity (Wildman–Crippen MR) is 376 cm³/mol. The molecule has 102 heavy (non-hydrogen) atoms. The fraction of sp³-hybridized carbons (Fsp3) is 0.691. The Labute approximate surface area is 606 Å². The molecule has 0 aliphatic carbocycles. The molecule has 1 aliphatic rings. The Kier molecular flexibility index (Phi) is 40.1. The summed E-state index contributed by atoms with van der Waals surface area (Å²) in [6.07, 6.45) is -8.38. The maximum Gasteiger partial charge on any atom is 0.426 e. The highest BCUT2D eigenvalue weighted by Crippen LogP contribution is 2.34. The molecule has 574 valence electrons. The maximum absolute atomic E-state index is 15.1. The average Bonchev–Trinajstić information content (AvgIpc) is 1.25. The van der Waals surface area contributed by atoms with Crippen molar-refractivity contribution in [3.63, 3.8) is 0 Å². The van der Waals surface area contributed by atoms with Gasteiger partial charge in [0, 0.05) is 98.7 Å². The molecule has 1 aromatic carbocycles. The summed E-state index contributed by atoms with van der Waals surface area (Å²) in [6.45, 7) is 14.0. The molecule has 34 heteroatoms. The number of ether oxygens (including phenoxy) is 3. The summed E-state index contributed by atoms with van der Waals surface area (Å²) < 4.78 is 16.9. The molecule has 14 atom stereocenters. The third kappa shape index (κ3) is 31.9. The second-order valence-corrected chi connectivity index (χ2v) is 30.2. The highest BCUT2D eigenvalue weighted by atomic mass is 33.1. The number of thiazole rings is 1. The molecule has 31 nitrogen and oxygen atoms in total. The minimum Gasteiger partial charge on any atom is -0.508 e. The first-order chi connectivity index (χ1) is 48.1. The fourth-order valence-corrected chi connectivity index (χ4v) is 14.1. The molecule has 0 spiro atoms. The number of phenolic OH excluding ortho intramolecular Hbond substituents is 1. The van der Waals surface area contributed by atoms with Gasteiger partial charge in [0.15, 0.2) is 24.4 Å². The number of piperidine rings is 1. The van der Waals surface area contributed by atoms with E-state index in [4.69, 9.17) is 24.4 Å². The number of likely N-dealkylation sites (N-methyl/N-ethyl adjacent to an activating group) is 1. The van der Waals surface area contributed by atoms with E-state index in [-0.39, 0.29) is 121 Å². The zero-order chi connectivity index (χ0) is 76.5. The topological polar surface area (TPSA) is 474 Å². The van der Waals surface area contributed by atoms with Crippen LogP contribution in [-0.4, -0.2) is 227 Å². The molecule has 0 radical (unpaired) electrons. The normalized spacial score (nSPS) is 17.1. The van der Waals surface area contributed by atoms with Gasteiger partial charge in [-0.2, -0.15) is 0 Å². The Hall–Kier alpha value is -7.05. The number of likely N-dealkylation sites (tertiary alicyclic amines) is 1. The molecule has 1 saturated heterocycles. The van der Waals surface area contributed by atoms with Crippen molar-refractivity contribution < 1.29 is 113 Å². The third-order valence-corrected chi connectivity index (χ3v) is 20.9. The van der Waals surface area contributed by atoms with Gasteiger partial charge in [-0.05, 0) is 87.6 Å². The monoisotopic (exact) mass is 1500 g/mol. The second-order valence-electron chi connectivity index (χ2n) is 26.7. The Morgan fingerprint density at radius 1 is 0.794 bits per heavy atom. The van der Waals surface area contributed by atoms with Crippen LogP contribution in [0.4, 0.5) is 4.79 Å². The van der Waals surface area contributed by atoms with Gasteiger partial charge in [0.25, 0.3) is 5.91 Å². The number of Topliss-reactive ketones (excluding diaryl/α,β-unsaturated/α-hetero) is 2. The van der Waals surface area contributed by atoms with Gasteiger partial charge in [0.2, 0.25) is 23.6 Å². The number of carboxylic acids is 2. The first kappa shape index (κ1) is 89.2. The molecule has 0 bridgehead atoms. The van der Waals surface area contributed by atoms with Crippen molar-refractivity contribution in [1.29, 1.82) is 0 Å². The van der Waals surface area contributed by atoms with Crippen LogP contribution in [-0.2, 0) is 68.6 Å². The zero-order valence-corrected chi connectivity index (χ0v) is 62.2. The fourth-order valence-electron chi connectivity index (χ4n) is 11.1. The third-order valence-electron chi connectivity index (χ3n) is 17.5. The standard InChI is InChI=1S/C68H106N8O23S3/c1-11-39(6)47(30-53(81)50-14-12-13-23-75(50)10)66(93)76(36-98-59(87)26-37(2)3)51(38(4)5)31-56(99-42(9)78)65-72-49(35-100-65)64(92)70-45(28-43-16-18-46(79)19-17-43)27-41(8)63(91)73-74-68(96)97-24-25-101-102-34-44(67(94)95)29-52(80)48(71-62(90)40(7)15-22-58(85)86)20-21-57(84)69-32-54(82)60(88)61(89)55(83)33-77/h16-19,35,37-41,44-45,47-48,50-51,54-56,60-61,77,79,82-83,88-89H,11-15,20-34,36H2,1-10H3,(H,69,84)(H,70,92)(H,71,90)(H,73,91)(H,74,96)(H,85,86)(H,94,95)/t39?,40-,41-,44-,45+,47-,48-,50+,51+,54-,55+,56+,60+,61+/m0/s1. The molecule has 1 aliphatic heterocycles. The number of aliphatic hydroxyl groups excluding tert-OH is 5. The summed E-state index contributed by atoms with van der Waals surface area (Å²) in [7, 11) is 4.00. The highest BCUT2D eigenvalue weighted by molar-refractivity contribution is 8.76. The molecule has 1 unspecified atom stereocenters. The Balaban J connectivity index is 1.69. The molecule has 1 aromatic heterocycles. The van der Waals surface area contributed by atoms with E-state index in [1.807, 2.05) is 53.5 Å². The quantitative estimate of drug-likeness (QED) is 0.0112. The molecule has 1 fully saturated rings. The van der Waals surface area contributed by atoms with Gasteiger partial charge in [-0.25, -0.2) is 15.2 Å². The predicted octanol–water partition coefficient (Wildman–Crippen LogP) is 3.83. The highest BCUT2D eigenvalue weighted by Gasteiger charge is 2.41. The SMILES string of the molecule is CCC(C)[C@H](CC(=O)[C@H]1CCCCN1C)C(=O)N(COC(=O)CC(C)C)[C@H](C[C@@H](OC(C)=O)c1nc(C(=O)N[C@@H](Cc2ccc(O)cc2)C[C@H](C)C(=O)NNC(=O)OCCSSC[C@H](CC(=O)[C@H](CCC(=O)NC[C@H](O)[C@@H](O)[C@H](O)[C@H](O)CO)NC(=O)[C@@H](C)CCC(=O)O)C(=O)O)cs1)C(C)C. The van der Waals surface area contributed by atoms with Gasteiger partial charge in [0.1, 0.15) is 41.4 Å². The van der Waals surface area contributed by atoms with Crippen LogP contribution in [0.5, 0.6) is 5.75 Å². The van der Waals surface area contributed by atoms with E-state index in [0.29, 0.717) is 18.4 Å². The number of nitrogens with one attached hydrogen (secondary N) is 5. The van der Waals surface area contributed by atoms with E-state index in [1.165, 1.54) is 36.3 Å². The molecule has 0 saturated carbocycles. The number of amides is 6. The van der Waals surface area contributed by atoms with Crippen LogP contribution in [0.15, 0.2) is 29.6 Å². The van der Waals surface area contributed by atoms with Gasteiger partial charge >= 0.3 is 30.0 Å². The molecule has 2 heterocycles. The number of aliphatic hydroxyl groups is 5. The summed E-state index contributed by atoms with van der Waals surface area (Å²) in [6, 6.07) is 2.90. The van der Waals surface area contributed by atoms with E-state index in [0.717, 1.165) is 52.3 Å². The maximum atomic E-state index is 15.1. The van der Waals surface area contributed by atoms with E-state index in [9.17, 15) is 83.4 Å². The number of carbonyl (C=O) groups excluding carboxylic acids is 10. The largest absolute Gasteiger partial charge is 0.508 e. The Bertz CT molecular complexity index is 3050. The minimum atomic E-state index is -1.98. The number of carbonyl (C=O) groups is 12. The molecular weight excluding hydrogens is 1390 g/mol. The van der Waals surface area contributed by atoms with Crippen molar-refractivity contribution in [3.8, 4) is 5.75 Å². The lowest BCUT2D eigenvalue weighted by Crippen LogP contribution is -2.50. The van der Waals surface area contributed by atoms with Crippen LogP contribution in [0.2, 0.25) is 0 Å². The lowest BCUT2D eigenvalue weighted by molar-refractivity contribution is -0.162. The molecule has 6 amide bonds. The molecule has 3 rings (SSSR count). The Morgan fingerprint density at radius 3 is 2.08 bits per heavy atom. The van der Waals surface area contributed by atoms with E-state index in [1.54, 1.807) is 19.1 Å². The van der Waals surface area contributed by atoms with Crippen LogP contribution in [0.25, 0.3) is 0 Å². The number of rotatable bonds is 47. The number of aromatic nitrogens is 1. The van der Waals surface area contributed by atoms with Gasteiger partial charge in [-0.15, -0.1) is 11.3 Å². The van der Waals surface area contributed by atoms with Gasteiger partial charge in [-0.3, -0.25) is 63.1 Å². The van der Waals surface area contributed by atoms with E-state index >= 15 is 4.79 Å². The number of hydrogen-bond donors (Lipinski definition) is 13. The second kappa shape index (κ2) is 45.9. The van der Waals surface area contributed by atoms with Crippen molar-refractivity contribution in [2.75, 3.05) is 51.6 Å². The molecule has 2 aromatic rings. The summed E-state index contributed by atoms with van der Waals surface area (Å²) in [5, 5.41) is 87.2. The number of esters is 2. The van der Waals surface area contributed by atoms with Gasteiger partial charge in [-0.1, -0.05) is 102 Å². The molecule has 13 N–H and O–H groups in total. The smallest absolute Gasteiger partial charge is 0.426 e. The van der Waals surface area contributed by atoms with Gasteiger partial charge in [0.05, 0.1) is 30.7 Å². The summed E-state index contributed by atoms with van der Waals surface area (Å²) in [4.78, 5) is 167. The number of hydrogen-bond acceptors (Lipinski definition) is 26. The van der Waals surface area contributed by atoms with Crippen LogP contribution < -0.4 is 26.8 Å². The Morgan fingerprint density at radius 2 is 1.47 bits per heavy atom. The lowest BCUT2D eigenvalue weighted by Gasteiger charge is -2.39. The van der Waals surface area contributed by atoms with E-state index < -0.39 is 164 Å². The van der Waals surface area contributed by atoms with Crippen LogP contribution in [0.3, 0.4) is 0 Å². The van der Waals surface area contributed by atoms with Crippen molar-refractivity contribution in [3.05, 3.63) is 45.9 Å². The van der Waals surface area contributed by atoms with Crippen LogP contribution >= 0.6 is 32.9 Å². The first-order valence-corrected chi connectivity index (χ1v) is 37.7. The number of hydrazine groups is 1. The average molecular weight is 1500 g/mol.